The van der Waals surface area contributed by atoms with Crippen molar-refractivity contribution in [3.8, 4) is 0 Å². The molecule has 0 saturated carbocycles. The van der Waals surface area contributed by atoms with Crippen molar-refractivity contribution in [1.82, 2.24) is 9.62 Å². The Bertz CT molecular complexity index is 403. The van der Waals surface area contributed by atoms with Crippen molar-refractivity contribution in [3.05, 3.63) is 0 Å². The van der Waals surface area contributed by atoms with Crippen LogP contribution in [0.15, 0.2) is 0 Å². The Morgan fingerprint density at radius 3 is 2.50 bits per heavy atom. The largest absolute Gasteiger partial charge is 0.381 e. The molecule has 1 aliphatic rings. The van der Waals surface area contributed by atoms with E-state index < -0.39 is 16.1 Å². The Morgan fingerprint density at radius 1 is 1.40 bits per heavy atom. The number of unbranched alkanes of at least 4 members (excludes halogenated alkanes) is 1. The summed E-state index contributed by atoms with van der Waals surface area (Å²) in [6.07, 6.45) is 3.23. The Morgan fingerprint density at radius 2 is 2.00 bits per heavy atom. The number of methoxy groups -OCH3 is 1. The minimum absolute atomic E-state index is 0.0763. The Labute approximate surface area is 121 Å². The molecule has 0 aromatic heterocycles. The number of amides is 1. The number of nitrogens with one attached hydrogen (secondary N) is 1. The standard InChI is InChI=1S/C13H26N2O4S/c1-4-5-10-20(17,18)14-11(2)13(16)15-8-6-12(19-3)7-9-15/h11-12,14H,4-10H2,1-3H3. The van der Waals surface area contributed by atoms with E-state index in [1.54, 1.807) is 18.9 Å². The highest BCUT2D eigenvalue weighted by Gasteiger charge is 2.27. The molecule has 1 N–H and O–H groups in total. The summed E-state index contributed by atoms with van der Waals surface area (Å²) < 4.78 is 31.3. The van der Waals surface area contributed by atoms with Gasteiger partial charge in [-0.15, -0.1) is 0 Å². The number of hydrogen-bond acceptors (Lipinski definition) is 4. The fourth-order valence-electron chi connectivity index (χ4n) is 2.30. The number of hydrogen-bond donors (Lipinski definition) is 1. The number of sulfonamides is 1. The second-order valence-corrected chi connectivity index (χ2v) is 7.15. The van der Waals surface area contributed by atoms with E-state index in [1.807, 2.05) is 6.92 Å². The van der Waals surface area contributed by atoms with E-state index in [-0.39, 0.29) is 17.8 Å². The minimum Gasteiger partial charge on any atom is -0.381 e. The van der Waals surface area contributed by atoms with E-state index in [4.69, 9.17) is 4.74 Å². The maximum absolute atomic E-state index is 12.2. The van der Waals surface area contributed by atoms with E-state index in [1.165, 1.54) is 0 Å². The molecule has 6 nitrogen and oxygen atoms in total. The second kappa shape index (κ2) is 7.95. The first-order valence-corrected chi connectivity index (χ1v) is 8.86. The van der Waals surface area contributed by atoms with Crippen LogP contribution in [0.3, 0.4) is 0 Å². The first kappa shape index (κ1) is 17.4. The molecule has 1 atom stereocenters. The van der Waals surface area contributed by atoms with Gasteiger partial charge in [0.05, 0.1) is 17.9 Å². The van der Waals surface area contributed by atoms with Crippen molar-refractivity contribution in [2.24, 2.45) is 0 Å². The number of likely N-dealkylation sites (tertiary alicyclic amines) is 1. The number of nitrogens with zero attached hydrogens (tertiary/aromatic N) is 1. The molecule has 0 bridgehead atoms. The molecular formula is C13H26N2O4S. The molecule has 1 fully saturated rings. The normalized spacial score (nSPS) is 19.1. The molecule has 0 radical (unpaired) electrons. The third-order valence-electron chi connectivity index (χ3n) is 3.58. The topological polar surface area (TPSA) is 75.7 Å². The summed E-state index contributed by atoms with van der Waals surface area (Å²) in [6, 6.07) is -0.698. The lowest BCUT2D eigenvalue weighted by atomic mass is 10.1. The minimum atomic E-state index is -3.36. The van der Waals surface area contributed by atoms with Gasteiger partial charge in [0, 0.05) is 20.2 Å². The molecule has 7 heteroatoms. The molecule has 20 heavy (non-hydrogen) atoms. The Hall–Kier alpha value is -0.660. The van der Waals surface area contributed by atoms with E-state index in [2.05, 4.69) is 4.72 Å². The molecule has 1 saturated heterocycles. The Kier molecular flexibility index (Phi) is 6.91. The van der Waals surface area contributed by atoms with Gasteiger partial charge in [0.2, 0.25) is 15.9 Å². The molecule has 1 aliphatic heterocycles. The summed E-state index contributed by atoms with van der Waals surface area (Å²) in [5, 5.41) is 0. The fraction of sp³-hybridized carbons (Fsp3) is 0.923. The number of piperidine rings is 1. The number of ether oxygens (including phenoxy) is 1. The zero-order chi connectivity index (χ0) is 15.2. The predicted octanol–water partition coefficient (Wildman–Crippen LogP) is 0.732. The molecule has 118 valence electrons. The van der Waals surface area contributed by atoms with Crippen LogP contribution in [0.2, 0.25) is 0 Å². The third-order valence-corrected chi connectivity index (χ3v) is 5.12. The summed E-state index contributed by atoms with van der Waals surface area (Å²) in [7, 11) is -1.69. The number of carbonyl (C=O) groups is 1. The first-order chi connectivity index (χ1) is 9.39. The van der Waals surface area contributed by atoms with Crippen LogP contribution in [0.4, 0.5) is 0 Å². The van der Waals surface area contributed by atoms with E-state index in [9.17, 15) is 13.2 Å². The van der Waals surface area contributed by atoms with Crippen molar-refractivity contribution >= 4 is 15.9 Å². The van der Waals surface area contributed by atoms with Gasteiger partial charge < -0.3 is 9.64 Å². The van der Waals surface area contributed by atoms with Crippen molar-refractivity contribution in [1.29, 1.82) is 0 Å². The molecule has 0 aromatic rings. The SMILES string of the molecule is CCCCS(=O)(=O)NC(C)C(=O)N1CCC(OC)CC1. The van der Waals surface area contributed by atoms with Gasteiger partial charge in [-0.3, -0.25) is 4.79 Å². The Balaban J connectivity index is 2.47. The van der Waals surface area contributed by atoms with Crippen LogP contribution in [-0.2, 0) is 19.6 Å². The summed E-state index contributed by atoms with van der Waals surface area (Å²) >= 11 is 0. The van der Waals surface area contributed by atoms with Crippen LogP contribution in [0.5, 0.6) is 0 Å². The number of rotatable bonds is 7. The predicted molar refractivity (Wildman–Crippen MR) is 77.9 cm³/mol. The van der Waals surface area contributed by atoms with Gasteiger partial charge >= 0.3 is 0 Å². The average Bonchev–Trinajstić information content (AvgIpc) is 2.44. The van der Waals surface area contributed by atoms with Gasteiger partial charge in [0.15, 0.2) is 0 Å². The second-order valence-electron chi connectivity index (χ2n) is 5.27. The van der Waals surface area contributed by atoms with Crippen LogP contribution in [0.25, 0.3) is 0 Å². The van der Waals surface area contributed by atoms with Crippen LogP contribution in [0.1, 0.15) is 39.5 Å². The van der Waals surface area contributed by atoms with Crippen molar-refractivity contribution in [3.63, 3.8) is 0 Å². The number of carbonyl (C=O) groups excluding carboxylic acids is 1. The molecule has 0 spiro atoms. The maximum atomic E-state index is 12.2. The smallest absolute Gasteiger partial charge is 0.240 e. The van der Waals surface area contributed by atoms with E-state index in [0.29, 0.717) is 19.5 Å². The maximum Gasteiger partial charge on any atom is 0.240 e. The average molecular weight is 306 g/mol. The lowest BCUT2D eigenvalue weighted by Gasteiger charge is -2.33. The van der Waals surface area contributed by atoms with Gasteiger partial charge in [-0.2, -0.15) is 0 Å². The third kappa shape index (κ3) is 5.38. The van der Waals surface area contributed by atoms with Gasteiger partial charge in [-0.1, -0.05) is 13.3 Å². The van der Waals surface area contributed by atoms with Gasteiger partial charge in [-0.25, -0.2) is 13.1 Å². The lowest BCUT2D eigenvalue weighted by molar-refractivity contribution is -0.134. The highest BCUT2D eigenvalue weighted by Crippen LogP contribution is 2.14. The fourth-order valence-corrected chi connectivity index (χ4v) is 3.72. The van der Waals surface area contributed by atoms with E-state index >= 15 is 0 Å². The van der Waals surface area contributed by atoms with E-state index in [0.717, 1.165) is 19.3 Å². The molecule has 1 unspecified atom stereocenters. The highest BCUT2D eigenvalue weighted by atomic mass is 32.2. The molecular weight excluding hydrogens is 280 g/mol. The van der Waals surface area contributed by atoms with Crippen molar-refractivity contribution < 1.29 is 17.9 Å². The summed E-state index contributed by atoms with van der Waals surface area (Å²) in [5.41, 5.74) is 0. The van der Waals surface area contributed by atoms with Crippen molar-refractivity contribution in [2.45, 2.75) is 51.7 Å². The quantitative estimate of drug-likeness (QED) is 0.752. The van der Waals surface area contributed by atoms with Gasteiger partial charge in [0.1, 0.15) is 0 Å². The molecule has 1 amide bonds. The zero-order valence-electron chi connectivity index (χ0n) is 12.6. The van der Waals surface area contributed by atoms with Gasteiger partial charge in [0.25, 0.3) is 0 Å². The summed E-state index contributed by atoms with van der Waals surface area (Å²) in [4.78, 5) is 13.9. The van der Waals surface area contributed by atoms with Crippen LogP contribution >= 0.6 is 0 Å². The highest BCUT2D eigenvalue weighted by molar-refractivity contribution is 7.89. The summed E-state index contributed by atoms with van der Waals surface area (Å²) in [5.74, 6) is -0.0769. The first-order valence-electron chi connectivity index (χ1n) is 7.21. The molecule has 0 aromatic carbocycles. The van der Waals surface area contributed by atoms with Crippen LogP contribution in [-0.4, -0.2) is 57.3 Å². The van der Waals surface area contributed by atoms with Crippen molar-refractivity contribution in [2.75, 3.05) is 26.0 Å². The molecule has 1 rings (SSSR count). The lowest BCUT2D eigenvalue weighted by Crippen LogP contribution is -2.50. The van der Waals surface area contributed by atoms with Crippen LogP contribution < -0.4 is 4.72 Å². The van der Waals surface area contributed by atoms with Gasteiger partial charge in [-0.05, 0) is 26.2 Å². The molecule has 0 aliphatic carbocycles. The molecule has 1 heterocycles. The monoisotopic (exact) mass is 306 g/mol. The zero-order valence-corrected chi connectivity index (χ0v) is 13.4. The van der Waals surface area contributed by atoms with Crippen LogP contribution in [0, 0.1) is 0 Å². The summed E-state index contributed by atoms with van der Waals surface area (Å²) in [6.45, 7) is 4.79.